The van der Waals surface area contributed by atoms with Crippen molar-refractivity contribution in [3.05, 3.63) is 66.2 Å². The molecule has 1 amide bonds. The van der Waals surface area contributed by atoms with Crippen molar-refractivity contribution in [2.24, 2.45) is 0 Å². The van der Waals surface area contributed by atoms with E-state index in [9.17, 15) is 13.2 Å². The van der Waals surface area contributed by atoms with Gasteiger partial charge in [0.2, 0.25) is 10.0 Å². The van der Waals surface area contributed by atoms with Crippen LogP contribution in [0.5, 0.6) is 5.75 Å². The third-order valence-electron chi connectivity index (χ3n) is 4.82. The highest BCUT2D eigenvalue weighted by molar-refractivity contribution is 7.92. The standard InChI is InChI=1S/C23H22N2O5S/c1-3-11-31(27,28)25-16-8-6-7-15(12-16)23(26)24-19-14-21-18(13-22(19)29-2)17-9-4-5-10-20(17)30-21/h4-10,12-14,25H,3,11H2,1-2H3,(H,24,26). The second-order valence-electron chi connectivity index (χ2n) is 7.10. The van der Waals surface area contributed by atoms with Gasteiger partial charge in [0, 0.05) is 28.1 Å². The van der Waals surface area contributed by atoms with Crippen LogP contribution in [0.1, 0.15) is 23.7 Å². The van der Waals surface area contributed by atoms with Crippen LogP contribution in [0.2, 0.25) is 0 Å². The van der Waals surface area contributed by atoms with Crippen molar-refractivity contribution in [3.8, 4) is 5.75 Å². The molecule has 0 bridgehead atoms. The van der Waals surface area contributed by atoms with E-state index in [0.717, 1.165) is 16.4 Å². The maximum atomic E-state index is 12.9. The molecular formula is C23H22N2O5S. The molecule has 0 aliphatic rings. The van der Waals surface area contributed by atoms with Crippen LogP contribution in [-0.2, 0) is 10.0 Å². The van der Waals surface area contributed by atoms with E-state index in [1.807, 2.05) is 30.3 Å². The van der Waals surface area contributed by atoms with Crippen molar-refractivity contribution in [3.63, 3.8) is 0 Å². The van der Waals surface area contributed by atoms with Crippen molar-refractivity contribution < 1.29 is 22.4 Å². The van der Waals surface area contributed by atoms with Crippen molar-refractivity contribution >= 4 is 49.2 Å². The molecule has 160 valence electrons. The number of fused-ring (bicyclic) bond motifs is 3. The maximum absolute atomic E-state index is 12.9. The van der Waals surface area contributed by atoms with E-state index < -0.39 is 15.9 Å². The zero-order chi connectivity index (χ0) is 22.0. The average Bonchev–Trinajstić information content (AvgIpc) is 3.10. The quantitative estimate of drug-likeness (QED) is 0.423. The first kappa shape index (κ1) is 20.7. The first-order valence-electron chi connectivity index (χ1n) is 9.81. The molecule has 0 fully saturated rings. The molecule has 0 spiro atoms. The summed E-state index contributed by atoms with van der Waals surface area (Å²) < 4.78 is 37.9. The molecule has 1 heterocycles. The fourth-order valence-electron chi connectivity index (χ4n) is 3.44. The van der Waals surface area contributed by atoms with Gasteiger partial charge < -0.3 is 14.5 Å². The highest BCUT2D eigenvalue weighted by Crippen LogP contribution is 2.36. The van der Waals surface area contributed by atoms with Crippen LogP contribution in [0.4, 0.5) is 11.4 Å². The van der Waals surface area contributed by atoms with Gasteiger partial charge in [-0.25, -0.2) is 8.42 Å². The van der Waals surface area contributed by atoms with E-state index in [1.165, 1.54) is 13.2 Å². The summed E-state index contributed by atoms with van der Waals surface area (Å²) in [5, 5.41) is 4.67. The van der Waals surface area contributed by atoms with Gasteiger partial charge in [-0.2, -0.15) is 0 Å². The van der Waals surface area contributed by atoms with Crippen LogP contribution in [0, 0.1) is 0 Å². The molecular weight excluding hydrogens is 416 g/mol. The van der Waals surface area contributed by atoms with Gasteiger partial charge >= 0.3 is 0 Å². The predicted octanol–water partition coefficient (Wildman–Crippen LogP) is 5.00. The minimum Gasteiger partial charge on any atom is -0.495 e. The monoisotopic (exact) mass is 438 g/mol. The molecule has 0 aliphatic heterocycles. The van der Waals surface area contributed by atoms with Gasteiger partial charge in [-0.1, -0.05) is 31.2 Å². The number of hydrogen-bond acceptors (Lipinski definition) is 5. The van der Waals surface area contributed by atoms with Gasteiger partial charge in [0.1, 0.15) is 16.9 Å². The lowest BCUT2D eigenvalue weighted by molar-refractivity contribution is 0.102. The Hall–Kier alpha value is -3.52. The van der Waals surface area contributed by atoms with Crippen molar-refractivity contribution in [2.45, 2.75) is 13.3 Å². The summed E-state index contributed by atoms with van der Waals surface area (Å²) in [7, 11) is -1.92. The van der Waals surface area contributed by atoms with Gasteiger partial charge in [-0.3, -0.25) is 9.52 Å². The van der Waals surface area contributed by atoms with Crippen LogP contribution in [0.3, 0.4) is 0 Å². The van der Waals surface area contributed by atoms with Crippen LogP contribution in [-0.4, -0.2) is 27.2 Å². The van der Waals surface area contributed by atoms with E-state index in [4.69, 9.17) is 9.15 Å². The molecule has 0 aliphatic carbocycles. The number of hydrogen-bond donors (Lipinski definition) is 2. The van der Waals surface area contributed by atoms with E-state index >= 15 is 0 Å². The number of sulfonamides is 1. The Morgan fingerprint density at radius 2 is 1.81 bits per heavy atom. The molecule has 7 nitrogen and oxygen atoms in total. The van der Waals surface area contributed by atoms with Crippen molar-refractivity contribution in [2.75, 3.05) is 22.9 Å². The van der Waals surface area contributed by atoms with Gasteiger partial charge in [0.15, 0.2) is 0 Å². The Morgan fingerprint density at radius 1 is 1.00 bits per heavy atom. The van der Waals surface area contributed by atoms with Crippen molar-refractivity contribution in [1.29, 1.82) is 0 Å². The molecule has 0 saturated carbocycles. The number of nitrogens with one attached hydrogen (secondary N) is 2. The molecule has 2 N–H and O–H groups in total. The second kappa shape index (κ2) is 8.31. The number of methoxy groups -OCH3 is 1. The molecule has 4 rings (SSSR count). The number of carbonyl (C=O) groups excluding carboxylic acids is 1. The zero-order valence-corrected chi connectivity index (χ0v) is 18.0. The summed E-state index contributed by atoms with van der Waals surface area (Å²) in [5.41, 5.74) is 2.47. The molecule has 0 radical (unpaired) electrons. The second-order valence-corrected chi connectivity index (χ2v) is 8.94. The lowest BCUT2D eigenvalue weighted by Gasteiger charge is -2.12. The molecule has 0 atom stereocenters. The SMILES string of the molecule is CCCS(=O)(=O)Nc1cccc(C(=O)Nc2cc3oc4ccccc4c3cc2OC)c1. The van der Waals surface area contributed by atoms with Crippen LogP contribution < -0.4 is 14.8 Å². The van der Waals surface area contributed by atoms with Gasteiger partial charge in [-0.05, 0) is 36.8 Å². The van der Waals surface area contributed by atoms with Crippen molar-refractivity contribution in [1.82, 2.24) is 0 Å². The zero-order valence-electron chi connectivity index (χ0n) is 17.1. The Labute approximate surface area is 180 Å². The lowest BCUT2D eigenvalue weighted by atomic mass is 10.1. The highest BCUT2D eigenvalue weighted by atomic mass is 32.2. The average molecular weight is 439 g/mol. The Morgan fingerprint density at radius 3 is 2.58 bits per heavy atom. The fourth-order valence-corrected chi connectivity index (χ4v) is 4.56. The first-order valence-corrected chi connectivity index (χ1v) is 11.5. The van der Waals surface area contributed by atoms with Gasteiger partial charge in [0.05, 0.1) is 18.6 Å². The number of furan rings is 1. The Balaban J connectivity index is 1.64. The largest absolute Gasteiger partial charge is 0.495 e. The minimum atomic E-state index is -3.45. The maximum Gasteiger partial charge on any atom is 0.255 e. The van der Waals surface area contributed by atoms with E-state index in [-0.39, 0.29) is 5.75 Å². The summed E-state index contributed by atoms with van der Waals surface area (Å²) in [6, 6.07) is 17.5. The summed E-state index contributed by atoms with van der Waals surface area (Å²) in [4.78, 5) is 12.9. The summed E-state index contributed by atoms with van der Waals surface area (Å²) in [6.45, 7) is 1.79. The molecule has 0 saturated heterocycles. The molecule has 3 aromatic carbocycles. The molecule has 4 aromatic rings. The van der Waals surface area contributed by atoms with Gasteiger partial charge in [0.25, 0.3) is 5.91 Å². The molecule has 1 aromatic heterocycles. The summed E-state index contributed by atoms with van der Waals surface area (Å²) in [5.74, 6) is 0.107. The number of anilines is 2. The minimum absolute atomic E-state index is 0.0120. The van der Waals surface area contributed by atoms with Crippen LogP contribution in [0.25, 0.3) is 21.9 Å². The fraction of sp³-hybridized carbons (Fsp3) is 0.174. The summed E-state index contributed by atoms with van der Waals surface area (Å²) >= 11 is 0. The first-order chi connectivity index (χ1) is 14.9. The topological polar surface area (TPSA) is 97.6 Å². The molecule has 31 heavy (non-hydrogen) atoms. The number of benzene rings is 3. The summed E-state index contributed by atoms with van der Waals surface area (Å²) in [6.07, 6.45) is 0.500. The number of para-hydroxylation sites is 1. The van der Waals surface area contributed by atoms with E-state index in [2.05, 4.69) is 10.0 Å². The highest BCUT2D eigenvalue weighted by Gasteiger charge is 2.16. The predicted molar refractivity (Wildman–Crippen MR) is 122 cm³/mol. The van der Waals surface area contributed by atoms with Gasteiger partial charge in [-0.15, -0.1) is 0 Å². The Kier molecular flexibility index (Phi) is 5.56. The smallest absolute Gasteiger partial charge is 0.255 e. The number of rotatable bonds is 7. The number of ether oxygens (including phenoxy) is 1. The van der Waals surface area contributed by atoms with E-state index in [1.54, 1.807) is 31.2 Å². The lowest BCUT2D eigenvalue weighted by Crippen LogP contribution is -2.17. The number of carbonyl (C=O) groups is 1. The third-order valence-corrected chi connectivity index (χ3v) is 6.31. The third kappa shape index (κ3) is 4.34. The molecule has 8 heteroatoms. The molecule has 0 unspecified atom stereocenters. The van der Waals surface area contributed by atoms with Crippen LogP contribution in [0.15, 0.2) is 65.1 Å². The van der Waals surface area contributed by atoms with Crippen LogP contribution >= 0.6 is 0 Å². The number of amides is 1. The van der Waals surface area contributed by atoms with E-state index in [0.29, 0.717) is 34.7 Å². The normalized spacial score (nSPS) is 11.5. The Bertz CT molecular complexity index is 1380.